The molecule has 21 heavy (non-hydrogen) atoms. The summed E-state index contributed by atoms with van der Waals surface area (Å²) in [7, 11) is -3.60. The lowest BCUT2D eigenvalue weighted by Crippen LogP contribution is -2.29. The van der Waals surface area contributed by atoms with Crippen LogP contribution in [0.2, 0.25) is 0 Å². The van der Waals surface area contributed by atoms with Crippen molar-refractivity contribution < 1.29 is 8.42 Å². The van der Waals surface area contributed by atoms with Gasteiger partial charge < -0.3 is 5.32 Å². The fourth-order valence-electron chi connectivity index (χ4n) is 2.87. The van der Waals surface area contributed by atoms with Crippen LogP contribution in [0.1, 0.15) is 44.7 Å². The monoisotopic (exact) mass is 328 g/mol. The van der Waals surface area contributed by atoms with Gasteiger partial charge in [-0.05, 0) is 49.6 Å². The molecular weight excluding hydrogens is 304 g/mol. The van der Waals surface area contributed by atoms with Crippen LogP contribution in [0.3, 0.4) is 0 Å². The summed E-state index contributed by atoms with van der Waals surface area (Å²) >= 11 is 2.05. The Kier molecular flexibility index (Phi) is 5.71. The number of thioether (sulfide) groups is 1. The minimum atomic E-state index is -3.60. The van der Waals surface area contributed by atoms with Gasteiger partial charge in [-0.1, -0.05) is 19.1 Å². The van der Waals surface area contributed by atoms with Crippen molar-refractivity contribution in [3.63, 3.8) is 0 Å². The molecule has 3 N–H and O–H groups in total. The number of rotatable bonds is 6. The van der Waals surface area contributed by atoms with Crippen LogP contribution < -0.4 is 10.5 Å². The molecule has 0 bridgehead atoms. The highest BCUT2D eigenvalue weighted by Crippen LogP contribution is 2.31. The Morgan fingerprint density at radius 2 is 2.00 bits per heavy atom. The zero-order chi connectivity index (χ0) is 15.5. The predicted molar refractivity (Wildman–Crippen MR) is 88.9 cm³/mol. The molecule has 1 fully saturated rings. The molecule has 0 aliphatic heterocycles. The molecule has 0 saturated heterocycles. The van der Waals surface area contributed by atoms with E-state index in [9.17, 15) is 8.42 Å². The standard InChI is InChI=1S/C15H24N2O2S2/c1-3-20-14-7-6-13(10-14)17-11(2)12-4-8-15(9-5-12)21(16,18)19/h4-5,8-9,11,13-14,17H,3,6-7,10H2,1-2H3,(H2,16,18,19)/t11-,13-,14-/m1/s1. The molecule has 0 amide bonds. The molecule has 0 aromatic heterocycles. The fraction of sp³-hybridized carbons (Fsp3) is 0.600. The van der Waals surface area contributed by atoms with E-state index in [0.29, 0.717) is 6.04 Å². The zero-order valence-corrected chi connectivity index (χ0v) is 14.2. The molecule has 1 aliphatic rings. The van der Waals surface area contributed by atoms with E-state index in [4.69, 9.17) is 5.14 Å². The third-order valence-electron chi connectivity index (χ3n) is 3.98. The van der Waals surface area contributed by atoms with Crippen LogP contribution in [0.15, 0.2) is 29.2 Å². The predicted octanol–water partition coefficient (Wildman–Crippen LogP) is 2.66. The van der Waals surface area contributed by atoms with E-state index in [1.165, 1.54) is 25.0 Å². The van der Waals surface area contributed by atoms with Crippen molar-refractivity contribution in [1.82, 2.24) is 5.32 Å². The summed E-state index contributed by atoms with van der Waals surface area (Å²) in [6, 6.07) is 7.60. The summed E-state index contributed by atoms with van der Waals surface area (Å²) in [5, 5.41) is 9.54. The molecule has 6 heteroatoms. The first-order valence-corrected chi connectivity index (χ1v) is 10.00. The zero-order valence-electron chi connectivity index (χ0n) is 12.6. The number of hydrogen-bond donors (Lipinski definition) is 2. The Balaban J connectivity index is 1.93. The normalized spacial score (nSPS) is 24.1. The molecule has 1 aromatic carbocycles. The van der Waals surface area contributed by atoms with Crippen LogP contribution in [0.4, 0.5) is 0 Å². The maximum Gasteiger partial charge on any atom is 0.238 e. The molecule has 1 aromatic rings. The second kappa shape index (κ2) is 7.13. The van der Waals surface area contributed by atoms with Crippen LogP contribution >= 0.6 is 11.8 Å². The lowest BCUT2D eigenvalue weighted by atomic mass is 10.1. The molecule has 118 valence electrons. The van der Waals surface area contributed by atoms with E-state index in [0.717, 1.165) is 10.8 Å². The average molecular weight is 329 g/mol. The molecule has 1 saturated carbocycles. The molecule has 0 heterocycles. The van der Waals surface area contributed by atoms with Crippen LogP contribution in [-0.2, 0) is 10.0 Å². The number of hydrogen-bond acceptors (Lipinski definition) is 4. The Labute approximate surface area is 131 Å². The largest absolute Gasteiger partial charge is 0.307 e. The summed E-state index contributed by atoms with van der Waals surface area (Å²) in [5.41, 5.74) is 1.09. The van der Waals surface area contributed by atoms with E-state index in [-0.39, 0.29) is 10.9 Å². The molecular formula is C15H24N2O2S2. The van der Waals surface area contributed by atoms with Gasteiger partial charge in [0.2, 0.25) is 10.0 Å². The molecule has 4 nitrogen and oxygen atoms in total. The van der Waals surface area contributed by atoms with E-state index in [2.05, 4.69) is 19.2 Å². The Bertz CT molecular complexity index is 558. The van der Waals surface area contributed by atoms with Crippen molar-refractivity contribution in [3.8, 4) is 0 Å². The van der Waals surface area contributed by atoms with Crippen LogP contribution in [0, 0.1) is 0 Å². The van der Waals surface area contributed by atoms with Gasteiger partial charge in [0.25, 0.3) is 0 Å². The van der Waals surface area contributed by atoms with Gasteiger partial charge in [-0.2, -0.15) is 11.8 Å². The summed E-state index contributed by atoms with van der Waals surface area (Å²) < 4.78 is 22.5. The lowest BCUT2D eigenvalue weighted by Gasteiger charge is -2.20. The maximum atomic E-state index is 11.3. The molecule has 1 aliphatic carbocycles. The first-order chi connectivity index (χ1) is 9.90. The summed E-state index contributed by atoms with van der Waals surface area (Å²) in [4.78, 5) is 0.165. The second-order valence-electron chi connectivity index (χ2n) is 5.59. The number of benzene rings is 1. The van der Waals surface area contributed by atoms with Crippen LogP contribution in [0.25, 0.3) is 0 Å². The molecule has 3 atom stereocenters. The van der Waals surface area contributed by atoms with Crippen molar-refractivity contribution in [3.05, 3.63) is 29.8 Å². The average Bonchev–Trinajstić information content (AvgIpc) is 2.86. The molecule has 0 unspecified atom stereocenters. The van der Waals surface area contributed by atoms with Gasteiger partial charge in [-0.15, -0.1) is 0 Å². The number of sulfonamides is 1. The Morgan fingerprint density at radius 1 is 1.33 bits per heavy atom. The first kappa shape index (κ1) is 16.8. The number of nitrogens with two attached hydrogens (primary N) is 1. The third-order valence-corrected chi connectivity index (χ3v) is 6.14. The van der Waals surface area contributed by atoms with Gasteiger partial charge in [-0.25, -0.2) is 13.6 Å². The highest BCUT2D eigenvalue weighted by Gasteiger charge is 2.25. The summed E-state index contributed by atoms with van der Waals surface area (Å²) in [5.74, 6) is 1.18. The van der Waals surface area contributed by atoms with Gasteiger partial charge in [0.1, 0.15) is 0 Å². The van der Waals surface area contributed by atoms with Crippen LogP contribution in [-0.4, -0.2) is 25.5 Å². The topological polar surface area (TPSA) is 72.2 Å². The Hall–Kier alpha value is -0.560. The van der Waals surface area contributed by atoms with Crippen LogP contribution in [0.5, 0.6) is 0 Å². The van der Waals surface area contributed by atoms with Gasteiger partial charge >= 0.3 is 0 Å². The third kappa shape index (κ3) is 4.71. The molecule has 0 radical (unpaired) electrons. The van der Waals surface area contributed by atoms with Gasteiger partial charge in [0, 0.05) is 17.3 Å². The fourth-order valence-corrected chi connectivity index (χ4v) is 4.53. The molecule has 0 spiro atoms. The lowest BCUT2D eigenvalue weighted by molar-refractivity contribution is 0.462. The van der Waals surface area contributed by atoms with Crippen molar-refractivity contribution in [2.24, 2.45) is 5.14 Å². The second-order valence-corrected chi connectivity index (χ2v) is 8.73. The van der Waals surface area contributed by atoms with Crippen molar-refractivity contribution >= 4 is 21.8 Å². The smallest absolute Gasteiger partial charge is 0.238 e. The van der Waals surface area contributed by atoms with Crippen molar-refractivity contribution in [2.45, 2.75) is 55.3 Å². The minimum Gasteiger partial charge on any atom is -0.307 e. The summed E-state index contributed by atoms with van der Waals surface area (Å²) in [6.07, 6.45) is 3.72. The number of primary sulfonamides is 1. The summed E-state index contributed by atoms with van der Waals surface area (Å²) in [6.45, 7) is 4.33. The quantitative estimate of drug-likeness (QED) is 0.842. The van der Waals surface area contributed by atoms with Crippen molar-refractivity contribution in [1.29, 1.82) is 0 Å². The van der Waals surface area contributed by atoms with Crippen molar-refractivity contribution in [2.75, 3.05) is 5.75 Å². The van der Waals surface area contributed by atoms with E-state index < -0.39 is 10.0 Å². The van der Waals surface area contributed by atoms with E-state index >= 15 is 0 Å². The van der Waals surface area contributed by atoms with Gasteiger partial charge in [-0.3, -0.25) is 0 Å². The maximum absolute atomic E-state index is 11.3. The van der Waals surface area contributed by atoms with Gasteiger partial charge in [0.05, 0.1) is 4.90 Å². The minimum absolute atomic E-state index is 0.165. The van der Waals surface area contributed by atoms with E-state index in [1.807, 2.05) is 23.9 Å². The van der Waals surface area contributed by atoms with Gasteiger partial charge in [0.15, 0.2) is 0 Å². The van der Waals surface area contributed by atoms with E-state index in [1.54, 1.807) is 12.1 Å². The first-order valence-electron chi connectivity index (χ1n) is 7.40. The SMILES string of the molecule is CCS[C@@H]1CC[C@@H](N[C@H](C)c2ccc(S(N)(=O)=O)cc2)C1. The highest BCUT2D eigenvalue weighted by molar-refractivity contribution is 7.99. The highest BCUT2D eigenvalue weighted by atomic mass is 32.2. The molecule has 2 rings (SSSR count). The Morgan fingerprint density at radius 3 is 2.57 bits per heavy atom. The number of nitrogens with one attached hydrogen (secondary N) is 1.